The number of nitrogens with zero attached hydrogens (tertiary/aromatic N) is 1. The van der Waals surface area contributed by atoms with Crippen molar-refractivity contribution in [3.05, 3.63) is 56.7 Å². The molecule has 2 aromatic carbocycles. The highest BCUT2D eigenvalue weighted by molar-refractivity contribution is 9.11. The lowest BCUT2D eigenvalue weighted by atomic mass is 10.2. The molecular formula is C13H7Br2FN2O2S. The zero-order valence-electron chi connectivity index (χ0n) is 10.3. The molecule has 2 aromatic rings. The summed E-state index contributed by atoms with van der Waals surface area (Å²) in [6.45, 7) is 0. The Labute approximate surface area is 137 Å². The van der Waals surface area contributed by atoms with Crippen molar-refractivity contribution in [1.29, 1.82) is 5.26 Å². The molecule has 8 heteroatoms. The van der Waals surface area contributed by atoms with Crippen LogP contribution in [0, 0.1) is 17.1 Å². The second-order valence-corrected chi connectivity index (χ2v) is 7.38. The molecule has 0 atom stereocenters. The molecule has 4 nitrogen and oxygen atoms in total. The number of hydrogen-bond donors (Lipinski definition) is 1. The molecule has 0 aliphatic carbocycles. The highest BCUT2D eigenvalue weighted by Gasteiger charge is 2.20. The fourth-order valence-electron chi connectivity index (χ4n) is 1.61. The second kappa shape index (κ2) is 6.13. The van der Waals surface area contributed by atoms with Crippen LogP contribution in [0.15, 0.2) is 50.2 Å². The Morgan fingerprint density at radius 1 is 1.19 bits per heavy atom. The van der Waals surface area contributed by atoms with Crippen LogP contribution >= 0.6 is 31.9 Å². The average molecular weight is 434 g/mol. The molecule has 21 heavy (non-hydrogen) atoms. The molecule has 0 spiro atoms. The lowest BCUT2D eigenvalue weighted by molar-refractivity contribution is 0.600. The van der Waals surface area contributed by atoms with Crippen LogP contribution in [0.3, 0.4) is 0 Å². The fraction of sp³-hybridized carbons (Fsp3) is 0. The summed E-state index contributed by atoms with van der Waals surface area (Å²) >= 11 is 6.34. The van der Waals surface area contributed by atoms with Crippen molar-refractivity contribution < 1.29 is 12.8 Å². The first-order valence-corrected chi connectivity index (χ1v) is 8.58. The molecule has 0 saturated heterocycles. The normalized spacial score (nSPS) is 11.0. The Morgan fingerprint density at radius 3 is 2.57 bits per heavy atom. The van der Waals surface area contributed by atoms with Crippen molar-refractivity contribution in [2.24, 2.45) is 0 Å². The van der Waals surface area contributed by atoms with Crippen LogP contribution in [0.4, 0.5) is 10.1 Å². The van der Waals surface area contributed by atoms with Gasteiger partial charge in [0.15, 0.2) is 0 Å². The third-order valence-electron chi connectivity index (χ3n) is 2.55. The predicted octanol–water partition coefficient (Wildman–Crippen LogP) is 4.02. The number of hydrogen-bond acceptors (Lipinski definition) is 3. The molecule has 0 aromatic heterocycles. The van der Waals surface area contributed by atoms with Crippen molar-refractivity contribution in [2.75, 3.05) is 4.72 Å². The fourth-order valence-corrected chi connectivity index (χ4v) is 4.18. The van der Waals surface area contributed by atoms with Crippen LogP contribution in [-0.4, -0.2) is 8.42 Å². The van der Waals surface area contributed by atoms with E-state index < -0.39 is 15.8 Å². The summed E-state index contributed by atoms with van der Waals surface area (Å²) in [4.78, 5) is -0.0231. The Balaban J connectivity index is 2.51. The van der Waals surface area contributed by atoms with Gasteiger partial charge in [-0.15, -0.1) is 0 Å². The van der Waals surface area contributed by atoms with Crippen LogP contribution in [-0.2, 0) is 10.0 Å². The van der Waals surface area contributed by atoms with Crippen LogP contribution in [0.2, 0.25) is 0 Å². The summed E-state index contributed by atoms with van der Waals surface area (Å²) in [6, 6.07) is 10.0. The van der Waals surface area contributed by atoms with Gasteiger partial charge in [0.2, 0.25) is 0 Å². The van der Waals surface area contributed by atoms with Gasteiger partial charge in [-0.1, -0.05) is 22.0 Å². The summed E-state index contributed by atoms with van der Waals surface area (Å²) < 4.78 is 41.4. The summed E-state index contributed by atoms with van der Waals surface area (Å²) in [6.07, 6.45) is 0. The topological polar surface area (TPSA) is 70.0 Å². The molecular weight excluding hydrogens is 427 g/mol. The number of sulfonamides is 1. The van der Waals surface area contributed by atoms with Gasteiger partial charge in [-0.25, -0.2) is 12.8 Å². The van der Waals surface area contributed by atoms with Gasteiger partial charge in [-0.2, -0.15) is 5.26 Å². The van der Waals surface area contributed by atoms with Gasteiger partial charge >= 0.3 is 0 Å². The highest BCUT2D eigenvalue weighted by atomic mass is 79.9. The first kappa shape index (κ1) is 15.9. The molecule has 0 heterocycles. The first-order chi connectivity index (χ1) is 9.85. The number of anilines is 1. The molecule has 0 amide bonds. The van der Waals surface area contributed by atoms with E-state index >= 15 is 0 Å². The largest absolute Gasteiger partial charge is 0.278 e. The maximum Gasteiger partial charge on any atom is 0.263 e. The molecule has 0 fully saturated rings. The van der Waals surface area contributed by atoms with E-state index in [1.54, 1.807) is 18.2 Å². The number of nitriles is 1. The molecule has 0 saturated carbocycles. The molecule has 1 N–H and O–H groups in total. The Kier molecular flexibility index (Phi) is 4.66. The third-order valence-corrected chi connectivity index (χ3v) is 5.41. The molecule has 108 valence electrons. The zero-order valence-corrected chi connectivity index (χ0v) is 14.3. The van der Waals surface area contributed by atoms with Crippen LogP contribution in [0.5, 0.6) is 0 Å². The zero-order chi connectivity index (χ0) is 15.6. The minimum absolute atomic E-state index is 0.0231. The predicted molar refractivity (Wildman–Crippen MR) is 83.8 cm³/mol. The molecule has 0 unspecified atom stereocenters. The lowest BCUT2D eigenvalue weighted by Gasteiger charge is -2.11. The van der Waals surface area contributed by atoms with Gasteiger partial charge in [-0.05, 0) is 46.3 Å². The summed E-state index contributed by atoms with van der Waals surface area (Å²) in [5.74, 6) is -0.786. The standard InChI is InChI=1S/C13H7Br2FN2O2S/c14-8-4-5-10(15)13(6-8)21(19,20)18-12-3-1-2-11(16)9(12)7-17/h1-6,18H. The second-order valence-electron chi connectivity index (χ2n) is 3.95. The quantitative estimate of drug-likeness (QED) is 0.794. The van der Waals surface area contributed by atoms with E-state index in [0.717, 1.165) is 6.07 Å². The van der Waals surface area contributed by atoms with Crippen molar-refractivity contribution >= 4 is 47.6 Å². The van der Waals surface area contributed by atoms with Gasteiger partial charge in [0.25, 0.3) is 10.0 Å². The van der Waals surface area contributed by atoms with Gasteiger partial charge in [0.05, 0.1) is 5.69 Å². The minimum Gasteiger partial charge on any atom is -0.278 e. The maximum atomic E-state index is 13.5. The van der Waals surface area contributed by atoms with E-state index in [4.69, 9.17) is 5.26 Å². The third kappa shape index (κ3) is 3.43. The minimum atomic E-state index is -3.96. The number of halogens is 3. The summed E-state index contributed by atoms with van der Waals surface area (Å²) in [5.41, 5.74) is -0.462. The van der Waals surface area contributed by atoms with Gasteiger partial charge in [-0.3, -0.25) is 4.72 Å². The SMILES string of the molecule is N#Cc1c(F)cccc1NS(=O)(=O)c1cc(Br)ccc1Br. The molecule has 0 bridgehead atoms. The van der Waals surface area contributed by atoms with E-state index in [-0.39, 0.29) is 16.1 Å². The van der Waals surface area contributed by atoms with Gasteiger partial charge in [0.1, 0.15) is 22.3 Å². The van der Waals surface area contributed by atoms with E-state index in [0.29, 0.717) is 8.95 Å². The number of nitrogens with one attached hydrogen (secondary N) is 1. The van der Waals surface area contributed by atoms with E-state index in [1.165, 1.54) is 18.2 Å². The van der Waals surface area contributed by atoms with E-state index in [2.05, 4.69) is 36.6 Å². The lowest BCUT2D eigenvalue weighted by Crippen LogP contribution is -2.15. The van der Waals surface area contributed by atoms with E-state index in [9.17, 15) is 12.8 Å². The van der Waals surface area contributed by atoms with Crippen molar-refractivity contribution in [3.63, 3.8) is 0 Å². The molecule has 0 aliphatic heterocycles. The Bertz CT molecular complexity index is 848. The molecule has 0 radical (unpaired) electrons. The Hall–Kier alpha value is -1.43. The summed E-state index contributed by atoms with van der Waals surface area (Å²) in [7, 11) is -3.96. The molecule has 2 rings (SSSR count). The van der Waals surface area contributed by atoms with Crippen molar-refractivity contribution in [2.45, 2.75) is 4.90 Å². The first-order valence-electron chi connectivity index (χ1n) is 5.51. The maximum absolute atomic E-state index is 13.5. The smallest absolute Gasteiger partial charge is 0.263 e. The van der Waals surface area contributed by atoms with E-state index in [1.807, 2.05) is 0 Å². The van der Waals surface area contributed by atoms with Gasteiger partial charge < -0.3 is 0 Å². The highest BCUT2D eigenvalue weighted by Crippen LogP contribution is 2.28. The number of rotatable bonds is 3. The molecule has 0 aliphatic rings. The number of benzene rings is 2. The van der Waals surface area contributed by atoms with Crippen molar-refractivity contribution in [1.82, 2.24) is 0 Å². The van der Waals surface area contributed by atoms with Crippen molar-refractivity contribution in [3.8, 4) is 6.07 Å². The van der Waals surface area contributed by atoms with Crippen LogP contribution in [0.1, 0.15) is 5.56 Å². The van der Waals surface area contributed by atoms with Crippen LogP contribution in [0.25, 0.3) is 0 Å². The van der Waals surface area contributed by atoms with Crippen LogP contribution < -0.4 is 4.72 Å². The monoisotopic (exact) mass is 432 g/mol. The summed E-state index contributed by atoms with van der Waals surface area (Å²) in [5, 5.41) is 8.92. The van der Waals surface area contributed by atoms with Gasteiger partial charge in [0, 0.05) is 8.95 Å². The Morgan fingerprint density at radius 2 is 1.90 bits per heavy atom. The average Bonchev–Trinajstić information content (AvgIpc) is 2.41.